The molecule has 0 radical (unpaired) electrons. The Kier molecular flexibility index (Phi) is 10.6. The summed E-state index contributed by atoms with van der Waals surface area (Å²) in [5, 5.41) is 23.4. The van der Waals surface area contributed by atoms with Gasteiger partial charge in [-0.3, -0.25) is 24.7 Å². The van der Waals surface area contributed by atoms with Crippen LogP contribution in [-0.4, -0.2) is 83.8 Å². The van der Waals surface area contributed by atoms with Crippen molar-refractivity contribution in [3.63, 3.8) is 0 Å². The predicted molar refractivity (Wildman–Crippen MR) is 159 cm³/mol. The summed E-state index contributed by atoms with van der Waals surface area (Å²) in [4.78, 5) is 43.4. The molecule has 2 aromatic carbocycles. The maximum Gasteiger partial charge on any atom is 0.269 e. The van der Waals surface area contributed by atoms with Crippen LogP contribution in [0.2, 0.25) is 0 Å². The van der Waals surface area contributed by atoms with Gasteiger partial charge in [0, 0.05) is 37.5 Å². The van der Waals surface area contributed by atoms with Gasteiger partial charge in [-0.15, -0.1) is 0 Å². The number of ether oxygens (including phenoxy) is 1. The Bertz CT molecular complexity index is 1290. The number of benzene rings is 2. The van der Waals surface area contributed by atoms with Gasteiger partial charge < -0.3 is 25.0 Å². The van der Waals surface area contributed by atoms with Crippen LogP contribution in [0.4, 0.5) is 5.69 Å². The lowest BCUT2D eigenvalue weighted by Gasteiger charge is -2.42. The first-order chi connectivity index (χ1) is 20.3. The summed E-state index contributed by atoms with van der Waals surface area (Å²) in [7, 11) is 0. The molecule has 0 spiro atoms. The fourth-order valence-electron chi connectivity index (χ4n) is 6.18. The Morgan fingerprint density at radius 2 is 1.83 bits per heavy atom. The van der Waals surface area contributed by atoms with Gasteiger partial charge in [0.05, 0.1) is 47.1 Å². The summed E-state index contributed by atoms with van der Waals surface area (Å²) >= 11 is 0. The van der Waals surface area contributed by atoms with Gasteiger partial charge in [0.2, 0.25) is 12.8 Å². The van der Waals surface area contributed by atoms with Gasteiger partial charge in [0.1, 0.15) is 0 Å². The van der Waals surface area contributed by atoms with E-state index in [0.717, 1.165) is 50.0 Å². The number of hydrogen-bond donors (Lipinski definition) is 2. The number of non-ortho nitro benzene ring substituents is 1. The number of carbonyl (C=O) groups is 2. The number of aliphatic imine (C=N–C) groups is 1. The quantitative estimate of drug-likeness (QED) is 0.200. The first-order valence-corrected chi connectivity index (χ1v) is 14.3. The molecule has 2 heterocycles. The summed E-state index contributed by atoms with van der Waals surface area (Å²) in [6.45, 7) is 6.79. The number of allylic oxidation sites excluding steroid dienone is 1. The second-order valence-corrected chi connectivity index (χ2v) is 10.7. The summed E-state index contributed by atoms with van der Waals surface area (Å²) in [5.41, 5.74) is 3.43. The molecule has 11 heteroatoms. The Morgan fingerprint density at radius 3 is 2.43 bits per heavy atom. The number of piperidine rings is 1. The normalized spacial score (nSPS) is 20.5. The number of aliphatic hydroxyl groups is 1. The van der Waals surface area contributed by atoms with Gasteiger partial charge in [0.25, 0.3) is 5.69 Å². The van der Waals surface area contributed by atoms with Crippen molar-refractivity contribution in [3.8, 4) is 0 Å². The van der Waals surface area contributed by atoms with Crippen molar-refractivity contribution >= 4 is 24.2 Å². The molecule has 2 aliphatic heterocycles. The molecular formula is C31H39N5O6. The third-order valence-corrected chi connectivity index (χ3v) is 8.25. The number of likely N-dealkylation sites (tertiary alicyclic amines) is 1. The van der Waals surface area contributed by atoms with Crippen molar-refractivity contribution in [2.45, 2.75) is 50.7 Å². The molecule has 11 nitrogen and oxygen atoms in total. The van der Waals surface area contributed by atoms with Crippen LogP contribution in [0.25, 0.3) is 0 Å². The molecule has 2 atom stereocenters. The van der Waals surface area contributed by atoms with Crippen LogP contribution in [-0.2, 0) is 19.9 Å². The summed E-state index contributed by atoms with van der Waals surface area (Å²) in [6.07, 6.45) is 3.72. The molecule has 0 aliphatic carbocycles. The highest BCUT2D eigenvalue weighted by Crippen LogP contribution is 2.38. The highest BCUT2D eigenvalue weighted by atomic mass is 16.6. The third-order valence-electron chi connectivity index (χ3n) is 8.25. The summed E-state index contributed by atoms with van der Waals surface area (Å²) in [6, 6.07) is 15.9. The first kappa shape index (κ1) is 31.0. The minimum absolute atomic E-state index is 0.0250. The van der Waals surface area contributed by atoms with E-state index in [1.807, 2.05) is 32.0 Å². The molecule has 2 aliphatic rings. The third kappa shape index (κ3) is 6.92. The molecule has 0 saturated carbocycles. The summed E-state index contributed by atoms with van der Waals surface area (Å²) in [5.74, 6) is -0.441. The lowest BCUT2D eigenvalue weighted by molar-refractivity contribution is -0.384. The fraction of sp³-hybridized carbons (Fsp3) is 0.452. The number of nitrogens with one attached hydrogen (secondary N) is 1. The molecule has 4 rings (SSSR count). The SMILES string of the molecule is CC1=NC(C)=C(N(C=O)CCCN2CCC(OCCO)(c3ccccc3)CC2)C(c2ccc([N+](=O)[O-])cc2)C1NC=O. The molecule has 0 aromatic heterocycles. The van der Waals surface area contributed by atoms with Gasteiger partial charge >= 0.3 is 0 Å². The Hall–Kier alpha value is -3.93. The Labute approximate surface area is 246 Å². The van der Waals surface area contributed by atoms with Crippen LogP contribution in [0, 0.1) is 10.1 Å². The van der Waals surface area contributed by atoms with Gasteiger partial charge in [-0.2, -0.15) is 0 Å². The zero-order valence-electron chi connectivity index (χ0n) is 24.1. The maximum absolute atomic E-state index is 12.5. The number of rotatable bonds is 14. The molecule has 2 N–H and O–H groups in total. The van der Waals surface area contributed by atoms with E-state index < -0.39 is 22.5 Å². The van der Waals surface area contributed by atoms with Crippen LogP contribution in [0.1, 0.15) is 50.2 Å². The highest BCUT2D eigenvalue weighted by Gasteiger charge is 2.38. The minimum atomic E-state index is -0.503. The molecular weight excluding hydrogens is 538 g/mol. The van der Waals surface area contributed by atoms with Crippen LogP contribution < -0.4 is 5.32 Å². The maximum atomic E-state index is 12.5. The van der Waals surface area contributed by atoms with Crippen molar-refractivity contribution in [2.75, 3.05) is 39.4 Å². The van der Waals surface area contributed by atoms with Crippen molar-refractivity contribution in [3.05, 3.63) is 87.2 Å². The Balaban J connectivity index is 1.46. The van der Waals surface area contributed by atoms with E-state index in [0.29, 0.717) is 36.5 Å². The van der Waals surface area contributed by atoms with Crippen LogP contribution in [0.15, 0.2) is 71.0 Å². The van der Waals surface area contributed by atoms with E-state index >= 15 is 0 Å². The number of amides is 2. The number of hydrogen-bond acceptors (Lipinski definition) is 8. The van der Waals surface area contributed by atoms with E-state index in [1.165, 1.54) is 12.1 Å². The van der Waals surface area contributed by atoms with Crippen molar-refractivity contribution < 1.29 is 24.4 Å². The zero-order chi connectivity index (χ0) is 30.1. The van der Waals surface area contributed by atoms with Gasteiger partial charge in [-0.1, -0.05) is 42.5 Å². The molecule has 0 bridgehead atoms. The molecule has 2 amide bonds. The largest absolute Gasteiger partial charge is 0.394 e. The monoisotopic (exact) mass is 577 g/mol. The predicted octanol–water partition coefficient (Wildman–Crippen LogP) is 3.35. The average molecular weight is 578 g/mol. The number of nitro groups is 1. The molecule has 2 aromatic rings. The molecule has 1 saturated heterocycles. The topological polar surface area (TPSA) is 138 Å². The van der Waals surface area contributed by atoms with Crippen molar-refractivity contribution in [1.29, 1.82) is 0 Å². The van der Waals surface area contributed by atoms with E-state index in [9.17, 15) is 24.8 Å². The smallest absolute Gasteiger partial charge is 0.269 e. The second-order valence-electron chi connectivity index (χ2n) is 10.7. The number of carbonyl (C=O) groups excluding carboxylic acids is 2. The lowest BCUT2D eigenvalue weighted by atomic mass is 9.82. The van der Waals surface area contributed by atoms with Crippen molar-refractivity contribution in [1.82, 2.24) is 15.1 Å². The molecule has 42 heavy (non-hydrogen) atoms. The van der Waals surface area contributed by atoms with E-state index in [1.54, 1.807) is 17.0 Å². The standard InChI is InChI=1S/C31H39N5O6/c1-23-29(32-21-38)28(25-9-11-27(12-10-25)36(40)41)30(24(2)33-23)35(22-39)16-6-15-34-17-13-31(14-18-34,42-20-19-37)26-7-4-3-5-8-26/h3-5,7-12,21-22,28-29,37H,6,13-20H2,1-2H3,(H,32,38). The number of nitrogens with zero attached hydrogens (tertiary/aromatic N) is 4. The zero-order valence-corrected chi connectivity index (χ0v) is 24.1. The Morgan fingerprint density at radius 1 is 1.14 bits per heavy atom. The lowest BCUT2D eigenvalue weighted by Crippen LogP contribution is -2.47. The fourth-order valence-corrected chi connectivity index (χ4v) is 6.18. The van der Waals surface area contributed by atoms with Crippen LogP contribution in [0.5, 0.6) is 0 Å². The number of aliphatic hydroxyl groups excluding tert-OH is 1. The van der Waals surface area contributed by atoms with E-state index in [2.05, 4.69) is 27.3 Å². The van der Waals surface area contributed by atoms with Crippen molar-refractivity contribution in [2.24, 2.45) is 4.99 Å². The highest BCUT2D eigenvalue weighted by molar-refractivity contribution is 5.92. The van der Waals surface area contributed by atoms with Gasteiger partial charge in [-0.05, 0) is 50.8 Å². The minimum Gasteiger partial charge on any atom is -0.394 e. The van der Waals surface area contributed by atoms with Gasteiger partial charge in [0.15, 0.2) is 0 Å². The molecule has 2 unspecified atom stereocenters. The van der Waals surface area contributed by atoms with Gasteiger partial charge in [-0.25, -0.2) is 0 Å². The molecule has 224 valence electrons. The average Bonchev–Trinajstić information content (AvgIpc) is 3.01. The van der Waals surface area contributed by atoms with E-state index in [4.69, 9.17) is 4.74 Å². The van der Waals surface area contributed by atoms with Crippen LogP contribution >= 0.6 is 0 Å². The molecule has 1 fully saturated rings. The first-order valence-electron chi connectivity index (χ1n) is 14.3. The second kappa shape index (κ2) is 14.3. The van der Waals surface area contributed by atoms with E-state index in [-0.39, 0.29) is 18.9 Å². The van der Waals surface area contributed by atoms with Crippen LogP contribution in [0.3, 0.4) is 0 Å². The summed E-state index contributed by atoms with van der Waals surface area (Å²) < 4.78 is 6.20. The number of nitro benzene ring substituents is 1.